The van der Waals surface area contributed by atoms with Gasteiger partial charge in [0.1, 0.15) is 0 Å². The van der Waals surface area contributed by atoms with Crippen LogP contribution in [0, 0.1) is 0 Å². The molecule has 0 unspecified atom stereocenters. The largest absolute Gasteiger partial charge is 0.442 e. The van der Waals surface area contributed by atoms with Crippen LogP contribution in [0.3, 0.4) is 0 Å². The van der Waals surface area contributed by atoms with Gasteiger partial charge in [0, 0.05) is 51.2 Å². The molecule has 4 amide bonds. The van der Waals surface area contributed by atoms with E-state index < -0.39 is 33.3 Å². The number of amides is 4. The summed E-state index contributed by atoms with van der Waals surface area (Å²) >= 11 is 0. The second kappa shape index (κ2) is 30.6. The van der Waals surface area contributed by atoms with Crippen molar-refractivity contribution in [2.75, 3.05) is 26.2 Å². The van der Waals surface area contributed by atoms with Crippen molar-refractivity contribution in [3.8, 4) is 0 Å². The van der Waals surface area contributed by atoms with E-state index in [1.165, 1.54) is 0 Å². The van der Waals surface area contributed by atoms with Crippen LogP contribution in [0.4, 0.5) is 0 Å². The minimum absolute atomic E-state index is 0.0585. The van der Waals surface area contributed by atoms with Gasteiger partial charge in [0.15, 0.2) is 0 Å². The molecule has 0 spiro atoms. The van der Waals surface area contributed by atoms with Crippen LogP contribution in [-0.4, -0.2) is 83.1 Å². The molecule has 0 aliphatic heterocycles. The van der Waals surface area contributed by atoms with Gasteiger partial charge in [0.25, 0.3) is 11.8 Å². The molecular formula is C72H78N4O6Si4. The molecule has 0 radical (unpaired) electrons. The predicted molar refractivity (Wildman–Crippen MR) is 360 cm³/mol. The number of carbonyl (C=O) groups excluding carboxylic acids is 4. The zero-order chi connectivity index (χ0) is 59.9. The summed E-state index contributed by atoms with van der Waals surface area (Å²) in [7, 11) is -12.5. The highest BCUT2D eigenvalue weighted by Gasteiger charge is 2.51. The van der Waals surface area contributed by atoms with Gasteiger partial charge >= 0.3 is 0 Å². The summed E-state index contributed by atoms with van der Waals surface area (Å²) in [6.45, 7) is 4.94. The third kappa shape index (κ3) is 15.4. The van der Waals surface area contributed by atoms with Crippen LogP contribution in [0.25, 0.3) is 0 Å². The summed E-state index contributed by atoms with van der Waals surface area (Å²) in [5.74, 6) is -0.640. The summed E-state index contributed by atoms with van der Waals surface area (Å²) in [6.07, 6.45) is 2.71. The molecule has 9 aromatic carbocycles. The van der Waals surface area contributed by atoms with Crippen LogP contribution < -0.4 is 62.8 Å². The van der Waals surface area contributed by atoms with Gasteiger partial charge < -0.3 is 29.5 Å². The van der Waals surface area contributed by atoms with Crippen LogP contribution in [0.1, 0.15) is 60.2 Å². The minimum atomic E-state index is -3.17. The van der Waals surface area contributed by atoms with Gasteiger partial charge in [0.05, 0.1) is 0 Å². The van der Waals surface area contributed by atoms with Gasteiger partial charge in [-0.2, -0.15) is 0 Å². The number of nitrogens with one attached hydrogen (secondary N) is 4. The average molecular weight is 1210 g/mol. The molecule has 0 aliphatic rings. The Morgan fingerprint density at radius 2 is 0.477 bits per heavy atom. The molecule has 9 aromatic rings. The number of carbonyl (C=O) groups is 4. The standard InChI is InChI=1S/C72H78N4O6Si4/c1-59(77)73-50-28-54-83(63-34-11-3-12-35-63,64-36-13-4-14-37-64)81-85(67-42-19-7-20-43-67,68-44-21-8-22-45-68)56-30-52-75-71(79)61-32-27-33-62(58-61)72(80)76-53-31-57-86(69-46-23-9-24-47-69,70-48-25-10-26-49-70)82-84(55-29-51-74-60(2)78,65-38-15-5-16-39-65)66-40-17-6-18-41-66/h3-27,32-49,58H,28-31,50-57H2,1-2H3,(H,73,77)(H,74,78)(H,75,79)(H,76,80). The number of hydrogen-bond acceptors (Lipinski definition) is 6. The molecule has 0 saturated carbocycles. The number of rotatable bonds is 30. The van der Waals surface area contributed by atoms with Crippen molar-refractivity contribution in [3.63, 3.8) is 0 Å². The molecule has 0 bridgehead atoms. The average Bonchev–Trinajstić information content (AvgIpc) is 1.08. The van der Waals surface area contributed by atoms with Gasteiger partial charge in [0.2, 0.25) is 45.1 Å². The van der Waals surface area contributed by atoms with Crippen molar-refractivity contribution >= 4 is 98.4 Å². The molecule has 0 saturated heterocycles. The van der Waals surface area contributed by atoms with E-state index in [-0.39, 0.29) is 23.6 Å². The lowest BCUT2D eigenvalue weighted by atomic mass is 10.1. The summed E-state index contributed by atoms with van der Waals surface area (Å²) < 4.78 is 16.6. The Hall–Kier alpha value is -8.35. The molecule has 10 nitrogen and oxygen atoms in total. The molecular weight excluding hydrogens is 1130 g/mol. The normalized spacial score (nSPS) is 11.7. The molecule has 9 rings (SSSR count). The Kier molecular flexibility index (Phi) is 22.2. The van der Waals surface area contributed by atoms with Crippen molar-refractivity contribution in [1.29, 1.82) is 0 Å². The van der Waals surface area contributed by atoms with Crippen LogP contribution in [0.2, 0.25) is 24.2 Å². The SMILES string of the molecule is CC(=O)NCCC[Si](O[Si](CCCNC(=O)c1cccc(C(=O)NCCC[Si](O[Si](CCCNC(C)=O)(c2ccccc2)c2ccccc2)(c2ccccc2)c2ccccc2)c1)(c1ccccc1)c1ccccc1)(c1ccccc1)c1ccccc1. The van der Waals surface area contributed by atoms with E-state index in [1.807, 2.05) is 48.5 Å². The number of hydrogen-bond donors (Lipinski definition) is 4. The Morgan fingerprint density at radius 3 is 0.674 bits per heavy atom. The first-order valence-electron chi connectivity index (χ1n) is 30.1. The highest BCUT2D eigenvalue weighted by molar-refractivity contribution is 7.10. The zero-order valence-corrected chi connectivity index (χ0v) is 53.3. The summed E-state index contributed by atoms with van der Waals surface area (Å²) in [6, 6.07) is 94.7. The minimum Gasteiger partial charge on any atom is -0.442 e. The zero-order valence-electron chi connectivity index (χ0n) is 49.3. The second-order valence-corrected chi connectivity index (χ2v) is 36.8. The molecule has 86 heavy (non-hydrogen) atoms. The fourth-order valence-electron chi connectivity index (χ4n) is 12.0. The lowest BCUT2D eigenvalue weighted by Crippen LogP contribution is -2.73. The summed E-state index contributed by atoms with van der Waals surface area (Å²) in [4.78, 5) is 52.8. The molecule has 0 atom stereocenters. The topological polar surface area (TPSA) is 135 Å². The maximum absolute atomic E-state index is 14.2. The van der Waals surface area contributed by atoms with Gasteiger partial charge in [-0.15, -0.1) is 0 Å². The van der Waals surface area contributed by atoms with Crippen molar-refractivity contribution in [2.24, 2.45) is 0 Å². The maximum Gasteiger partial charge on any atom is 0.251 e. The van der Waals surface area contributed by atoms with E-state index in [1.54, 1.807) is 38.1 Å². The first-order chi connectivity index (χ1) is 42.1. The first-order valence-corrected chi connectivity index (χ1v) is 38.5. The molecule has 438 valence electrons. The van der Waals surface area contributed by atoms with E-state index in [0.717, 1.165) is 66.4 Å². The Labute approximate surface area is 512 Å². The maximum atomic E-state index is 14.2. The molecule has 0 aromatic heterocycles. The van der Waals surface area contributed by atoms with E-state index in [4.69, 9.17) is 8.23 Å². The Bertz CT molecular complexity index is 3170. The molecule has 0 aliphatic carbocycles. The molecule has 0 heterocycles. The summed E-state index contributed by atoms with van der Waals surface area (Å²) in [5.41, 5.74) is 0.800. The molecule has 14 heteroatoms. The van der Waals surface area contributed by atoms with E-state index in [9.17, 15) is 19.2 Å². The Balaban J connectivity index is 0.943. The lowest BCUT2D eigenvalue weighted by Gasteiger charge is -2.44. The number of benzene rings is 9. The Morgan fingerprint density at radius 1 is 0.279 bits per heavy atom. The monoisotopic (exact) mass is 1210 g/mol. The van der Waals surface area contributed by atoms with Crippen molar-refractivity contribution < 1.29 is 27.4 Å². The highest BCUT2D eigenvalue weighted by Crippen LogP contribution is 2.28. The molecule has 4 N–H and O–H groups in total. The van der Waals surface area contributed by atoms with E-state index in [0.29, 0.717) is 62.2 Å². The third-order valence-electron chi connectivity index (χ3n) is 16.1. The van der Waals surface area contributed by atoms with Crippen LogP contribution in [0.15, 0.2) is 267 Å². The van der Waals surface area contributed by atoms with Crippen LogP contribution in [-0.2, 0) is 17.8 Å². The predicted octanol–water partition coefficient (Wildman–Crippen LogP) is 8.05. The van der Waals surface area contributed by atoms with Crippen LogP contribution in [0.5, 0.6) is 0 Å². The van der Waals surface area contributed by atoms with Crippen molar-refractivity contribution in [3.05, 3.63) is 278 Å². The van der Waals surface area contributed by atoms with Gasteiger partial charge in [-0.25, -0.2) is 0 Å². The third-order valence-corrected chi connectivity index (χ3v) is 36.1. The van der Waals surface area contributed by atoms with Crippen LogP contribution >= 0.6 is 0 Å². The van der Waals surface area contributed by atoms with Gasteiger partial charge in [-0.1, -0.05) is 249 Å². The van der Waals surface area contributed by atoms with E-state index >= 15 is 0 Å². The van der Waals surface area contributed by atoms with E-state index in [2.05, 4.69) is 215 Å². The fourth-order valence-corrected chi connectivity index (χ4v) is 34.4. The quantitative estimate of drug-likeness (QED) is 0.0266. The highest BCUT2D eigenvalue weighted by atomic mass is 28.4. The summed E-state index contributed by atoms with van der Waals surface area (Å²) in [5, 5.41) is 21.8. The van der Waals surface area contributed by atoms with Crippen molar-refractivity contribution in [1.82, 2.24) is 21.3 Å². The lowest BCUT2D eigenvalue weighted by molar-refractivity contribution is -0.119. The molecule has 0 fully saturated rings. The fraction of sp³-hybridized carbons (Fsp3) is 0.194. The first kappa shape index (κ1) is 62.2. The van der Waals surface area contributed by atoms with Gasteiger partial charge in [-0.3, -0.25) is 19.2 Å². The van der Waals surface area contributed by atoms with Crippen molar-refractivity contribution in [2.45, 2.75) is 63.7 Å². The second-order valence-electron chi connectivity index (χ2n) is 21.9. The van der Waals surface area contributed by atoms with Gasteiger partial charge in [-0.05, 0) is 110 Å². The smallest absolute Gasteiger partial charge is 0.251 e.